The normalized spacial score (nSPS) is 16.8. The molecule has 0 spiro atoms. The highest BCUT2D eigenvalue weighted by Gasteiger charge is 2.34. The molecule has 2 aromatic rings. The fourth-order valence-corrected chi connectivity index (χ4v) is 3.53. The number of nitrogens with zero attached hydrogens (tertiary/aromatic N) is 4. The molecule has 1 saturated heterocycles. The van der Waals surface area contributed by atoms with Crippen LogP contribution in [0.5, 0.6) is 0 Å². The van der Waals surface area contributed by atoms with Gasteiger partial charge in [-0.1, -0.05) is 13.0 Å². The van der Waals surface area contributed by atoms with Crippen LogP contribution >= 0.6 is 0 Å². The first kappa shape index (κ1) is 19.1. The van der Waals surface area contributed by atoms with Crippen molar-refractivity contribution in [3.8, 4) is 0 Å². The summed E-state index contributed by atoms with van der Waals surface area (Å²) < 4.78 is 1.99. The minimum absolute atomic E-state index is 0.00364. The second-order valence-electron chi connectivity index (χ2n) is 7.09. The number of nitrogens with one attached hydrogen (secondary N) is 1. The van der Waals surface area contributed by atoms with E-state index >= 15 is 0 Å². The Labute approximate surface area is 159 Å². The molecule has 1 aliphatic rings. The van der Waals surface area contributed by atoms with Gasteiger partial charge >= 0.3 is 0 Å². The maximum atomic E-state index is 12.6. The Morgan fingerprint density at radius 2 is 2.15 bits per heavy atom. The fraction of sp³-hybridized carbons (Fsp3) is 0.500. The molecule has 0 aromatic carbocycles. The van der Waals surface area contributed by atoms with E-state index in [-0.39, 0.29) is 24.2 Å². The maximum Gasteiger partial charge on any atom is 0.225 e. The number of carbonyl (C=O) groups excluding carboxylic acids is 2. The summed E-state index contributed by atoms with van der Waals surface area (Å²) >= 11 is 0. The van der Waals surface area contributed by atoms with Crippen molar-refractivity contribution in [1.29, 1.82) is 0 Å². The Morgan fingerprint density at radius 3 is 2.85 bits per heavy atom. The number of likely N-dealkylation sites (tertiary alicyclic amines) is 1. The van der Waals surface area contributed by atoms with E-state index in [2.05, 4.69) is 22.3 Å². The molecular weight excluding hydrogens is 342 g/mol. The molecule has 2 amide bonds. The molecule has 7 heteroatoms. The third kappa shape index (κ3) is 4.35. The van der Waals surface area contributed by atoms with Gasteiger partial charge in [-0.25, -0.2) is 0 Å². The minimum Gasteiger partial charge on any atom is -0.352 e. The quantitative estimate of drug-likeness (QED) is 0.809. The van der Waals surface area contributed by atoms with Crippen molar-refractivity contribution in [2.24, 2.45) is 5.92 Å². The van der Waals surface area contributed by atoms with Crippen LogP contribution in [0.3, 0.4) is 0 Å². The Bertz CT molecular complexity index is 815. The minimum atomic E-state index is -0.312. The first-order chi connectivity index (χ1) is 13.0. The zero-order valence-electron chi connectivity index (χ0n) is 16.2. The summed E-state index contributed by atoms with van der Waals surface area (Å²) in [6.45, 7) is 8.33. The van der Waals surface area contributed by atoms with Crippen LogP contribution in [0.2, 0.25) is 0 Å². The van der Waals surface area contributed by atoms with Crippen molar-refractivity contribution in [2.45, 2.75) is 53.2 Å². The molecule has 144 valence electrons. The first-order valence-electron chi connectivity index (χ1n) is 9.47. The number of hydrogen-bond acceptors (Lipinski definition) is 4. The highest BCUT2D eigenvalue weighted by atomic mass is 16.2. The number of aromatic nitrogens is 3. The van der Waals surface area contributed by atoms with Gasteiger partial charge in [-0.05, 0) is 32.4 Å². The van der Waals surface area contributed by atoms with Crippen molar-refractivity contribution < 1.29 is 9.59 Å². The van der Waals surface area contributed by atoms with Crippen molar-refractivity contribution in [3.05, 3.63) is 47.0 Å². The van der Waals surface area contributed by atoms with Gasteiger partial charge in [-0.2, -0.15) is 5.10 Å². The van der Waals surface area contributed by atoms with E-state index in [1.54, 1.807) is 11.1 Å². The van der Waals surface area contributed by atoms with Gasteiger partial charge in [0.05, 0.1) is 23.9 Å². The molecule has 0 saturated carbocycles. The summed E-state index contributed by atoms with van der Waals surface area (Å²) in [5.74, 6) is -0.384. The van der Waals surface area contributed by atoms with Crippen molar-refractivity contribution in [1.82, 2.24) is 25.0 Å². The lowest BCUT2D eigenvalue weighted by atomic mass is 10.1. The van der Waals surface area contributed by atoms with Crippen LogP contribution in [0.1, 0.15) is 42.4 Å². The van der Waals surface area contributed by atoms with Crippen molar-refractivity contribution in [2.75, 3.05) is 6.54 Å². The number of pyridine rings is 1. The largest absolute Gasteiger partial charge is 0.352 e. The van der Waals surface area contributed by atoms with Gasteiger partial charge in [-0.15, -0.1) is 0 Å². The van der Waals surface area contributed by atoms with E-state index in [1.807, 2.05) is 36.7 Å². The van der Waals surface area contributed by atoms with Crippen LogP contribution in [-0.2, 0) is 29.2 Å². The van der Waals surface area contributed by atoms with E-state index < -0.39 is 0 Å². The topological polar surface area (TPSA) is 80.1 Å². The summed E-state index contributed by atoms with van der Waals surface area (Å²) in [4.78, 5) is 30.8. The molecular formula is C20H27N5O2. The first-order valence-corrected chi connectivity index (χ1v) is 9.47. The fourth-order valence-electron chi connectivity index (χ4n) is 3.53. The Kier molecular flexibility index (Phi) is 5.88. The Hall–Kier alpha value is -2.70. The molecule has 1 fully saturated rings. The second kappa shape index (κ2) is 8.33. The lowest BCUT2D eigenvalue weighted by Crippen LogP contribution is -2.32. The van der Waals surface area contributed by atoms with E-state index in [0.29, 0.717) is 19.6 Å². The third-order valence-electron chi connectivity index (χ3n) is 5.07. The molecule has 3 rings (SSSR count). The van der Waals surface area contributed by atoms with Gasteiger partial charge in [0.15, 0.2) is 0 Å². The van der Waals surface area contributed by atoms with E-state index in [4.69, 9.17) is 0 Å². The Balaban J connectivity index is 1.57. The number of carbonyl (C=O) groups is 2. The highest BCUT2D eigenvalue weighted by Crippen LogP contribution is 2.20. The molecule has 27 heavy (non-hydrogen) atoms. The molecule has 0 unspecified atom stereocenters. The molecule has 1 N–H and O–H groups in total. The average Bonchev–Trinajstić information content (AvgIpc) is 3.14. The van der Waals surface area contributed by atoms with Gasteiger partial charge in [0.2, 0.25) is 11.8 Å². The summed E-state index contributed by atoms with van der Waals surface area (Å²) in [6, 6.07) is 5.63. The zero-order valence-corrected chi connectivity index (χ0v) is 16.2. The van der Waals surface area contributed by atoms with E-state index in [1.165, 1.54) is 0 Å². The van der Waals surface area contributed by atoms with Crippen LogP contribution in [-0.4, -0.2) is 38.0 Å². The number of rotatable bonds is 7. The number of hydrogen-bond donors (Lipinski definition) is 1. The van der Waals surface area contributed by atoms with Crippen LogP contribution < -0.4 is 5.32 Å². The smallest absolute Gasteiger partial charge is 0.225 e. The van der Waals surface area contributed by atoms with Crippen molar-refractivity contribution >= 4 is 11.8 Å². The lowest BCUT2D eigenvalue weighted by Gasteiger charge is -2.16. The molecule has 1 aliphatic heterocycles. The molecule has 7 nitrogen and oxygen atoms in total. The van der Waals surface area contributed by atoms with Crippen LogP contribution in [0.4, 0.5) is 0 Å². The molecule has 2 aromatic heterocycles. The van der Waals surface area contributed by atoms with Gasteiger partial charge in [-0.3, -0.25) is 19.3 Å². The van der Waals surface area contributed by atoms with E-state index in [9.17, 15) is 9.59 Å². The summed E-state index contributed by atoms with van der Waals surface area (Å²) in [5, 5.41) is 7.54. The Morgan fingerprint density at radius 1 is 1.33 bits per heavy atom. The lowest BCUT2D eigenvalue weighted by molar-refractivity contribution is -0.129. The van der Waals surface area contributed by atoms with Gasteiger partial charge in [0.25, 0.3) is 0 Å². The number of amides is 2. The van der Waals surface area contributed by atoms with Crippen LogP contribution in [0, 0.1) is 19.8 Å². The summed E-state index contributed by atoms with van der Waals surface area (Å²) in [7, 11) is 0. The maximum absolute atomic E-state index is 12.6. The molecule has 3 heterocycles. The highest BCUT2D eigenvalue weighted by molar-refractivity contribution is 5.89. The van der Waals surface area contributed by atoms with Gasteiger partial charge in [0, 0.05) is 43.5 Å². The van der Waals surface area contributed by atoms with Gasteiger partial charge in [0.1, 0.15) is 0 Å². The van der Waals surface area contributed by atoms with Crippen molar-refractivity contribution in [3.63, 3.8) is 0 Å². The predicted molar refractivity (Wildman–Crippen MR) is 102 cm³/mol. The molecule has 0 bridgehead atoms. The summed E-state index contributed by atoms with van der Waals surface area (Å²) in [5.41, 5.74) is 3.93. The monoisotopic (exact) mass is 369 g/mol. The summed E-state index contributed by atoms with van der Waals surface area (Å²) in [6.07, 6.45) is 2.99. The molecule has 0 aliphatic carbocycles. The van der Waals surface area contributed by atoms with E-state index in [0.717, 1.165) is 35.6 Å². The van der Waals surface area contributed by atoms with Gasteiger partial charge < -0.3 is 10.2 Å². The second-order valence-corrected chi connectivity index (χ2v) is 7.09. The zero-order chi connectivity index (χ0) is 19.4. The molecule has 0 radical (unpaired) electrons. The molecule has 1 atom stereocenters. The SMILES string of the molecule is CCCn1nc(C)c(CNC(=O)[C@H]2CC(=O)N(Cc3ccccn3)C2)c1C. The average molecular weight is 369 g/mol. The predicted octanol–water partition coefficient (Wildman–Crippen LogP) is 1.97. The van der Waals surface area contributed by atoms with Crippen LogP contribution in [0.15, 0.2) is 24.4 Å². The van der Waals surface area contributed by atoms with Crippen LogP contribution in [0.25, 0.3) is 0 Å². The standard InChI is InChI=1S/C20H27N5O2/c1-4-9-25-15(3)18(14(2)23-25)11-22-20(27)16-10-19(26)24(12-16)13-17-7-5-6-8-21-17/h5-8,16H,4,9-13H2,1-3H3,(H,22,27)/t16-/m0/s1. The third-order valence-corrected chi connectivity index (χ3v) is 5.07. The number of aryl methyl sites for hydroxylation is 2.